The van der Waals surface area contributed by atoms with Crippen LogP contribution in [0.1, 0.15) is 17.9 Å². The molecule has 2 aliphatic rings. The Morgan fingerprint density at radius 2 is 2.08 bits per heavy atom. The molecule has 9 heteroatoms. The molecular weight excluding hydrogens is 335 g/mol. The minimum Gasteiger partial charge on any atom is -0.341 e. The van der Waals surface area contributed by atoms with Crippen molar-refractivity contribution in [1.29, 1.82) is 0 Å². The number of amides is 1. The van der Waals surface area contributed by atoms with Crippen molar-refractivity contribution in [1.82, 2.24) is 24.9 Å². The van der Waals surface area contributed by atoms with Crippen molar-refractivity contribution < 1.29 is 18.0 Å². The Kier molecular flexibility index (Phi) is 5.33. The Hall–Kier alpha value is -1.61. The third-order valence-electron chi connectivity index (χ3n) is 4.99. The molecule has 0 radical (unpaired) electrons. The highest BCUT2D eigenvalue weighted by Gasteiger charge is 2.38. The quantitative estimate of drug-likeness (QED) is 0.868. The minimum absolute atomic E-state index is 0.0349. The van der Waals surface area contributed by atoms with Crippen LogP contribution in [0.25, 0.3) is 0 Å². The molecule has 1 N–H and O–H groups in total. The molecule has 3 rings (SSSR count). The average Bonchev–Trinajstić information content (AvgIpc) is 3.10. The molecule has 25 heavy (non-hydrogen) atoms. The van der Waals surface area contributed by atoms with E-state index in [1.807, 2.05) is 13.2 Å². The summed E-state index contributed by atoms with van der Waals surface area (Å²) in [5, 5.41) is 7.44. The molecule has 0 bridgehead atoms. The fourth-order valence-corrected chi connectivity index (χ4v) is 3.76. The summed E-state index contributed by atoms with van der Waals surface area (Å²) in [4.78, 5) is 16.1. The fourth-order valence-electron chi connectivity index (χ4n) is 3.76. The second-order valence-corrected chi connectivity index (χ2v) is 6.89. The van der Waals surface area contributed by atoms with Crippen LogP contribution >= 0.6 is 0 Å². The number of hydrogen-bond donors (Lipinski definition) is 1. The first-order valence-electron chi connectivity index (χ1n) is 8.60. The molecule has 0 aliphatic carbocycles. The van der Waals surface area contributed by atoms with E-state index >= 15 is 0 Å². The van der Waals surface area contributed by atoms with Crippen LogP contribution in [-0.4, -0.2) is 77.5 Å². The monoisotopic (exact) mass is 359 g/mol. The van der Waals surface area contributed by atoms with Crippen molar-refractivity contribution in [2.45, 2.75) is 18.5 Å². The van der Waals surface area contributed by atoms with Gasteiger partial charge in [-0.15, -0.1) is 0 Å². The number of nitrogens with zero attached hydrogens (tertiary/aromatic N) is 4. The van der Waals surface area contributed by atoms with E-state index in [2.05, 4.69) is 10.4 Å². The van der Waals surface area contributed by atoms with Crippen molar-refractivity contribution >= 4 is 5.91 Å². The number of carbonyl (C=O) groups excluding carboxylic acids is 1. The van der Waals surface area contributed by atoms with Gasteiger partial charge in [0.25, 0.3) is 0 Å². The van der Waals surface area contributed by atoms with Gasteiger partial charge in [-0.3, -0.25) is 14.4 Å². The van der Waals surface area contributed by atoms with Crippen LogP contribution in [0.3, 0.4) is 0 Å². The van der Waals surface area contributed by atoms with Crippen molar-refractivity contribution in [3.05, 3.63) is 18.0 Å². The summed E-state index contributed by atoms with van der Waals surface area (Å²) < 4.78 is 39.4. The second-order valence-electron chi connectivity index (χ2n) is 6.89. The summed E-state index contributed by atoms with van der Waals surface area (Å²) in [6.45, 7) is 1.92. The predicted octanol–water partition coefficient (Wildman–Crippen LogP) is 0.820. The van der Waals surface area contributed by atoms with E-state index in [0.29, 0.717) is 32.6 Å². The van der Waals surface area contributed by atoms with Crippen LogP contribution in [-0.2, 0) is 11.8 Å². The van der Waals surface area contributed by atoms with Crippen molar-refractivity contribution in [2.24, 2.45) is 13.0 Å². The third kappa shape index (κ3) is 4.52. The molecule has 140 valence electrons. The van der Waals surface area contributed by atoms with Crippen LogP contribution in [0.15, 0.2) is 12.4 Å². The smallest absolute Gasteiger partial charge is 0.341 e. The van der Waals surface area contributed by atoms with Crippen LogP contribution < -0.4 is 5.32 Å². The van der Waals surface area contributed by atoms with E-state index < -0.39 is 12.7 Å². The largest absolute Gasteiger partial charge is 0.401 e. The van der Waals surface area contributed by atoms with E-state index in [-0.39, 0.29) is 24.3 Å². The molecule has 0 unspecified atom stereocenters. The average molecular weight is 359 g/mol. The van der Waals surface area contributed by atoms with Crippen LogP contribution in [0, 0.1) is 5.92 Å². The van der Waals surface area contributed by atoms with Gasteiger partial charge in [0.2, 0.25) is 5.91 Å². The summed E-state index contributed by atoms with van der Waals surface area (Å²) in [5.74, 6) is -0.0817. The van der Waals surface area contributed by atoms with Gasteiger partial charge in [0.1, 0.15) is 0 Å². The number of alkyl halides is 3. The Morgan fingerprint density at radius 1 is 1.28 bits per heavy atom. The molecule has 6 nitrogen and oxygen atoms in total. The maximum absolute atomic E-state index is 13.0. The highest BCUT2D eigenvalue weighted by Crippen LogP contribution is 2.29. The number of aryl methyl sites for hydroxylation is 1. The molecule has 0 spiro atoms. The SMILES string of the molecule is Cn1cc([C@H]2CNC[C@@H]2C(=O)N2CCCN(CC(F)(F)F)CC2)cn1. The summed E-state index contributed by atoms with van der Waals surface area (Å²) in [6, 6.07) is 0. The van der Waals surface area contributed by atoms with E-state index in [9.17, 15) is 18.0 Å². The molecule has 0 aromatic carbocycles. The van der Waals surface area contributed by atoms with Gasteiger partial charge < -0.3 is 10.2 Å². The molecule has 1 aromatic rings. The minimum atomic E-state index is -4.19. The van der Waals surface area contributed by atoms with Crippen LogP contribution in [0.4, 0.5) is 13.2 Å². The first-order valence-corrected chi connectivity index (χ1v) is 8.60. The highest BCUT2D eigenvalue weighted by atomic mass is 19.4. The van der Waals surface area contributed by atoms with Gasteiger partial charge in [-0.2, -0.15) is 18.3 Å². The van der Waals surface area contributed by atoms with Gasteiger partial charge in [-0.1, -0.05) is 0 Å². The summed E-state index contributed by atoms with van der Waals surface area (Å²) in [7, 11) is 1.84. The zero-order valence-corrected chi connectivity index (χ0v) is 14.3. The molecule has 1 amide bonds. The summed E-state index contributed by atoms with van der Waals surface area (Å²) in [6.07, 6.45) is 0.0797. The van der Waals surface area contributed by atoms with Crippen LogP contribution in [0.2, 0.25) is 0 Å². The lowest BCUT2D eigenvalue weighted by Crippen LogP contribution is -2.42. The third-order valence-corrected chi connectivity index (χ3v) is 4.99. The molecular formula is C16H24F3N5O. The van der Waals surface area contributed by atoms with Gasteiger partial charge in [0.05, 0.1) is 18.7 Å². The van der Waals surface area contributed by atoms with E-state index in [1.54, 1.807) is 15.8 Å². The molecule has 2 atom stereocenters. The lowest BCUT2D eigenvalue weighted by molar-refractivity contribution is -0.145. The first kappa shape index (κ1) is 18.2. The van der Waals surface area contributed by atoms with Gasteiger partial charge >= 0.3 is 6.18 Å². The van der Waals surface area contributed by atoms with Gasteiger partial charge in [-0.05, 0) is 12.0 Å². The Bertz CT molecular complexity index is 603. The molecule has 2 aliphatic heterocycles. The van der Waals surface area contributed by atoms with Crippen molar-refractivity contribution in [3.63, 3.8) is 0 Å². The van der Waals surface area contributed by atoms with Gasteiger partial charge in [0, 0.05) is 58.4 Å². The normalized spacial score (nSPS) is 26.0. The summed E-state index contributed by atoms with van der Waals surface area (Å²) in [5.41, 5.74) is 1.03. The number of hydrogen-bond acceptors (Lipinski definition) is 4. The van der Waals surface area contributed by atoms with Crippen molar-refractivity contribution in [2.75, 3.05) is 45.8 Å². The molecule has 2 saturated heterocycles. The molecule has 1 aromatic heterocycles. The number of nitrogens with one attached hydrogen (secondary N) is 1. The Labute approximate surface area is 144 Å². The first-order chi connectivity index (χ1) is 11.8. The second kappa shape index (κ2) is 7.33. The molecule has 2 fully saturated rings. The van der Waals surface area contributed by atoms with Crippen LogP contribution in [0.5, 0.6) is 0 Å². The fraction of sp³-hybridized carbons (Fsp3) is 0.750. The van der Waals surface area contributed by atoms with Crippen molar-refractivity contribution in [3.8, 4) is 0 Å². The lowest BCUT2D eigenvalue weighted by atomic mass is 9.89. The topological polar surface area (TPSA) is 53.4 Å². The zero-order chi connectivity index (χ0) is 18.0. The summed E-state index contributed by atoms with van der Waals surface area (Å²) >= 11 is 0. The van der Waals surface area contributed by atoms with E-state index in [1.165, 1.54) is 4.90 Å². The zero-order valence-electron chi connectivity index (χ0n) is 14.3. The lowest BCUT2D eigenvalue weighted by Gasteiger charge is -2.27. The maximum Gasteiger partial charge on any atom is 0.401 e. The Morgan fingerprint density at radius 3 is 2.76 bits per heavy atom. The standard InChI is InChI=1S/C16H24F3N5O/c1-22-10-12(7-21-22)13-8-20-9-14(13)15(25)24-4-2-3-23(5-6-24)11-16(17,18)19/h7,10,13-14,20H,2-6,8-9,11H2,1H3/t13-,14+/m1/s1. The maximum atomic E-state index is 13.0. The highest BCUT2D eigenvalue weighted by molar-refractivity contribution is 5.80. The Balaban J connectivity index is 1.62. The number of rotatable bonds is 3. The van der Waals surface area contributed by atoms with E-state index in [4.69, 9.17) is 0 Å². The molecule has 0 saturated carbocycles. The number of aromatic nitrogens is 2. The molecule has 3 heterocycles. The van der Waals surface area contributed by atoms with Gasteiger partial charge in [-0.25, -0.2) is 0 Å². The van der Waals surface area contributed by atoms with E-state index in [0.717, 1.165) is 12.1 Å². The van der Waals surface area contributed by atoms with Gasteiger partial charge in [0.15, 0.2) is 0 Å². The predicted molar refractivity (Wildman–Crippen MR) is 86.0 cm³/mol. The number of halogens is 3. The number of carbonyl (C=O) groups is 1.